The van der Waals surface area contributed by atoms with E-state index in [4.69, 9.17) is 11.6 Å². The van der Waals surface area contributed by atoms with Crippen molar-refractivity contribution in [2.75, 3.05) is 6.54 Å². The second kappa shape index (κ2) is 7.47. The van der Waals surface area contributed by atoms with Gasteiger partial charge in [-0.2, -0.15) is 5.10 Å². The fourth-order valence-corrected chi connectivity index (χ4v) is 3.59. The molecule has 4 nitrogen and oxygen atoms in total. The first-order valence-corrected chi connectivity index (χ1v) is 8.64. The van der Waals surface area contributed by atoms with E-state index in [2.05, 4.69) is 22.5 Å². The van der Waals surface area contributed by atoms with Crippen molar-refractivity contribution >= 4 is 11.6 Å². The maximum Gasteiger partial charge on any atom is 0.0944 e. The Bertz CT molecular complexity index is 625. The molecule has 1 aliphatic rings. The minimum absolute atomic E-state index is 0.469. The SMILES string of the molecule is Cn1cc(C(O)CNC2CCCC2Cc2ccc(Cl)cc2)cn1. The smallest absolute Gasteiger partial charge is 0.0944 e. The van der Waals surface area contributed by atoms with Crippen molar-refractivity contribution in [3.63, 3.8) is 0 Å². The molecule has 23 heavy (non-hydrogen) atoms. The van der Waals surface area contributed by atoms with Crippen LogP contribution in [0.3, 0.4) is 0 Å². The molecule has 3 rings (SSSR count). The van der Waals surface area contributed by atoms with Crippen LogP contribution in [0.15, 0.2) is 36.7 Å². The van der Waals surface area contributed by atoms with Gasteiger partial charge in [0.05, 0.1) is 12.3 Å². The summed E-state index contributed by atoms with van der Waals surface area (Å²) in [6, 6.07) is 8.61. The van der Waals surface area contributed by atoms with Crippen LogP contribution in [0, 0.1) is 5.92 Å². The Labute approximate surface area is 142 Å². The molecule has 1 saturated carbocycles. The molecule has 2 aromatic rings. The second-order valence-corrected chi connectivity index (χ2v) is 6.94. The number of hydrogen-bond donors (Lipinski definition) is 2. The number of aliphatic hydroxyl groups is 1. The van der Waals surface area contributed by atoms with Gasteiger partial charge in [-0.05, 0) is 42.9 Å². The van der Waals surface area contributed by atoms with E-state index in [9.17, 15) is 5.11 Å². The molecule has 0 amide bonds. The van der Waals surface area contributed by atoms with Gasteiger partial charge in [-0.15, -0.1) is 0 Å². The van der Waals surface area contributed by atoms with Crippen LogP contribution in [0.4, 0.5) is 0 Å². The molecular weight excluding hydrogens is 310 g/mol. The third-order valence-corrected chi connectivity index (χ3v) is 5.01. The highest BCUT2D eigenvalue weighted by atomic mass is 35.5. The number of benzene rings is 1. The van der Waals surface area contributed by atoms with E-state index in [0.717, 1.165) is 17.0 Å². The molecule has 3 atom stereocenters. The molecular formula is C18H24ClN3O. The van der Waals surface area contributed by atoms with Crippen LogP contribution in [0.5, 0.6) is 0 Å². The Morgan fingerprint density at radius 2 is 2.13 bits per heavy atom. The summed E-state index contributed by atoms with van der Waals surface area (Å²) in [5.74, 6) is 0.622. The average molecular weight is 334 g/mol. The Balaban J connectivity index is 1.53. The standard InChI is InChI=1S/C18H24ClN3O/c1-22-12-15(10-21-22)18(23)11-20-17-4-2-3-14(17)9-13-5-7-16(19)8-6-13/h5-8,10,12,14,17-18,20,23H,2-4,9,11H2,1H3. The second-order valence-electron chi connectivity index (χ2n) is 6.50. The third-order valence-electron chi connectivity index (χ3n) is 4.75. The Morgan fingerprint density at radius 1 is 1.35 bits per heavy atom. The number of aromatic nitrogens is 2. The van der Waals surface area contributed by atoms with E-state index in [1.807, 2.05) is 25.4 Å². The van der Waals surface area contributed by atoms with E-state index >= 15 is 0 Å². The predicted octanol–water partition coefficient (Wildman–Crippen LogP) is 3.11. The van der Waals surface area contributed by atoms with Gasteiger partial charge in [0.25, 0.3) is 0 Å². The van der Waals surface area contributed by atoms with Gasteiger partial charge in [0.1, 0.15) is 0 Å². The number of rotatable bonds is 6. The summed E-state index contributed by atoms with van der Waals surface area (Å²) >= 11 is 5.95. The fourth-order valence-electron chi connectivity index (χ4n) is 3.47. The first kappa shape index (κ1) is 16.5. The maximum atomic E-state index is 10.3. The highest BCUT2D eigenvalue weighted by Gasteiger charge is 2.27. The molecule has 124 valence electrons. The summed E-state index contributed by atoms with van der Waals surface area (Å²) in [6.07, 6.45) is 7.83. The van der Waals surface area contributed by atoms with Crippen LogP contribution in [-0.4, -0.2) is 27.5 Å². The lowest BCUT2D eigenvalue weighted by atomic mass is 9.94. The lowest BCUT2D eigenvalue weighted by Crippen LogP contribution is -2.36. The molecule has 1 fully saturated rings. The lowest BCUT2D eigenvalue weighted by molar-refractivity contribution is 0.166. The van der Waals surface area contributed by atoms with E-state index in [1.165, 1.54) is 24.8 Å². The van der Waals surface area contributed by atoms with Crippen molar-refractivity contribution in [2.24, 2.45) is 13.0 Å². The summed E-state index contributed by atoms with van der Waals surface area (Å²) < 4.78 is 1.72. The topological polar surface area (TPSA) is 50.1 Å². The van der Waals surface area contributed by atoms with Crippen LogP contribution < -0.4 is 5.32 Å². The highest BCUT2D eigenvalue weighted by molar-refractivity contribution is 6.30. The zero-order valence-electron chi connectivity index (χ0n) is 13.5. The van der Waals surface area contributed by atoms with Crippen molar-refractivity contribution in [2.45, 2.75) is 37.8 Å². The summed E-state index contributed by atoms with van der Waals surface area (Å²) in [6.45, 7) is 0.577. The number of nitrogens with one attached hydrogen (secondary N) is 1. The highest BCUT2D eigenvalue weighted by Crippen LogP contribution is 2.29. The van der Waals surface area contributed by atoms with Crippen LogP contribution in [0.25, 0.3) is 0 Å². The molecule has 1 aromatic heterocycles. The summed E-state index contributed by atoms with van der Waals surface area (Å²) in [4.78, 5) is 0. The molecule has 3 unspecified atom stereocenters. The summed E-state index contributed by atoms with van der Waals surface area (Å²) in [5.41, 5.74) is 2.20. The molecule has 1 heterocycles. The van der Waals surface area contributed by atoms with Crippen molar-refractivity contribution in [3.8, 4) is 0 Å². The van der Waals surface area contributed by atoms with Gasteiger partial charge in [0.15, 0.2) is 0 Å². The van der Waals surface area contributed by atoms with Crippen LogP contribution in [0.2, 0.25) is 5.02 Å². The molecule has 0 bridgehead atoms. The first-order valence-electron chi connectivity index (χ1n) is 8.26. The Kier molecular flexibility index (Phi) is 5.36. The third kappa shape index (κ3) is 4.34. The number of hydrogen-bond acceptors (Lipinski definition) is 3. The molecule has 1 aliphatic carbocycles. The van der Waals surface area contributed by atoms with Gasteiger partial charge in [0, 0.05) is 36.4 Å². The van der Waals surface area contributed by atoms with Crippen molar-refractivity contribution in [1.82, 2.24) is 15.1 Å². The van der Waals surface area contributed by atoms with E-state index in [1.54, 1.807) is 10.9 Å². The Hall–Kier alpha value is -1.36. The van der Waals surface area contributed by atoms with Gasteiger partial charge in [-0.25, -0.2) is 0 Å². The van der Waals surface area contributed by atoms with Gasteiger partial charge in [-0.3, -0.25) is 4.68 Å². The average Bonchev–Trinajstić information content (AvgIpc) is 3.16. The molecule has 1 aromatic carbocycles. The van der Waals surface area contributed by atoms with Gasteiger partial charge < -0.3 is 10.4 Å². The molecule has 5 heteroatoms. The van der Waals surface area contributed by atoms with Gasteiger partial charge in [0.2, 0.25) is 0 Å². The Morgan fingerprint density at radius 3 is 2.83 bits per heavy atom. The number of nitrogens with zero attached hydrogens (tertiary/aromatic N) is 2. The summed E-state index contributed by atoms with van der Waals surface area (Å²) in [5, 5.41) is 18.7. The van der Waals surface area contributed by atoms with E-state index < -0.39 is 6.10 Å². The van der Waals surface area contributed by atoms with Crippen molar-refractivity contribution < 1.29 is 5.11 Å². The van der Waals surface area contributed by atoms with Gasteiger partial charge in [-0.1, -0.05) is 30.2 Å². The molecule has 2 N–H and O–H groups in total. The largest absolute Gasteiger partial charge is 0.387 e. The quantitative estimate of drug-likeness (QED) is 0.854. The zero-order chi connectivity index (χ0) is 16.2. The van der Waals surface area contributed by atoms with Crippen molar-refractivity contribution in [1.29, 1.82) is 0 Å². The predicted molar refractivity (Wildman–Crippen MR) is 92.5 cm³/mol. The minimum Gasteiger partial charge on any atom is -0.387 e. The molecule has 0 saturated heterocycles. The molecule has 0 radical (unpaired) electrons. The van der Waals surface area contributed by atoms with Crippen LogP contribution >= 0.6 is 11.6 Å². The van der Waals surface area contributed by atoms with E-state index in [-0.39, 0.29) is 0 Å². The number of halogens is 1. The first-order chi connectivity index (χ1) is 11.1. The van der Waals surface area contributed by atoms with Gasteiger partial charge >= 0.3 is 0 Å². The summed E-state index contributed by atoms with van der Waals surface area (Å²) in [7, 11) is 1.86. The fraction of sp³-hybridized carbons (Fsp3) is 0.500. The number of aryl methyl sites for hydroxylation is 1. The molecule has 0 aliphatic heterocycles. The van der Waals surface area contributed by atoms with Crippen LogP contribution in [0.1, 0.15) is 36.5 Å². The number of aliphatic hydroxyl groups excluding tert-OH is 1. The monoisotopic (exact) mass is 333 g/mol. The zero-order valence-corrected chi connectivity index (χ0v) is 14.2. The maximum absolute atomic E-state index is 10.3. The normalized spacial score (nSPS) is 22.4. The lowest BCUT2D eigenvalue weighted by Gasteiger charge is -2.22. The minimum atomic E-state index is -0.500. The molecule has 0 spiro atoms. The van der Waals surface area contributed by atoms with Crippen LogP contribution in [-0.2, 0) is 13.5 Å². The van der Waals surface area contributed by atoms with Crippen molar-refractivity contribution in [3.05, 3.63) is 52.8 Å². The van der Waals surface area contributed by atoms with E-state index in [0.29, 0.717) is 18.5 Å².